The molecule has 1 aliphatic rings. The minimum absolute atomic E-state index is 0.0121. The van der Waals surface area contributed by atoms with Gasteiger partial charge in [-0.3, -0.25) is 9.89 Å². The summed E-state index contributed by atoms with van der Waals surface area (Å²) in [5.74, 6) is 0.624. The predicted molar refractivity (Wildman–Crippen MR) is 38.0 cm³/mol. The van der Waals surface area contributed by atoms with Crippen LogP contribution in [-0.4, -0.2) is 10.2 Å². The molecule has 0 spiro atoms. The third-order valence-electron chi connectivity index (χ3n) is 2.16. The summed E-state index contributed by atoms with van der Waals surface area (Å²) in [5.41, 5.74) is 1.07. The smallest absolute Gasteiger partial charge is 0.264 e. The number of rotatable bonds is 1. The molecule has 0 aromatic carbocycles. The van der Waals surface area contributed by atoms with Gasteiger partial charge < -0.3 is 5.10 Å². The molecule has 1 heterocycles. The Bertz CT molecular complexity index is 269. The Morgan fingerprint density at radius 2 is 2.20 bits per heavy atom. The molecular formula is C7H10N2O. The van der Waals surface area contributed by atoms with Gasteiger partial charge >= 0.3 is 0 Å². The largest absolute Gasteiger partial charge is 0.302 e. The summed E-state index contributed by atoms with van der Waals surface area (Å²) in [5, 5.41) is 5.41. The fraction of sp³-hybridized carbons (Fsp3) is 0.571. The van der Waals surface area contributed by atoms with Crippen molar-refractivity contribution in [1.82, 2.24) is 10.2 Å². The Kier molecular flexibility index (Phi) is 1.16. The van der Waals surface area contributed by atoms with Crippen LogP contribution >= 0.6 is 0 Å². The van der Waals surface area contributed by atoms with Gasteiger partial charge in [0.15, 0.2) is 0 Å². The van der Waals surface area contributed by atoms with Gasteiger partial charge in [0.2, 0.25) is 0 Å². The molecule has 0 atom stereocenters. The number of aromatic nitrogens is 2. The third-order valence-corrected chi connectivity index (χ3v) is 2.16. The van der Waals surface area contributed by atoms with Gasteiger partial charge in [-0.2, -0.15) is 0 Å². The molecule has 0 unspecified atom stereocenters. The molecule has 0 amide bonds. The van der Waals surface area contributed by atoms with Gasteiger partial charge in [0.1, 0.15) is 0 Å². The summed E-state index contributed by atoms with van der Waals surface area (Å²) in [4.78, 5) is 10.6. The molecule has 1 aliphatic carbocycles. The van der Waals surface area contributed by atoms with Crippen molar-refractivity contribution in [2.45, 2.75) is 25.2 Å². The van der Waals surface area contributed by atoms with Crippen molar-refractivity contribution in [2.24, 2.45) is 0 Å². The van der Waals surface area contributed by atoms with Gasteiger partial charge in [-0.15, -0.1) is 0 Å². The lowest BCUT2D eigenvalue weighted by atomic mass is 9.83. The molecule has 0 saturated heterocycles. The van der Waals surface area contributed by atoms with E-state index >= 15 is 0 Å². The lowest BCUT2D eigenvalue weighted by Gasteiger charge is -2.23. The van der Waals surface area contributed by atoms with E-state index in [0.717, 1.165) is 5.69 Å². The summed E-state index contributed by atoms with van der Waals surface area (Å²) in [7, 11) is 0. The van der Waals surface area contributed by atoms with Crippen LogP contribution in [-0.2, 0) is 0 Å². The maximum absolute atomic E-state index is 10.6. The SMILES string of the molecule is O=c1cc(C2CCC2)[nH][nH]1. The van der Waals surface area contributed by atoms with E-state index in [1.54, 1.807) is 6.07 Å². The van der Waals surface area contributed by atoms with E-state index in [4.69, 9.17) is 0 Å². The maximum Gasteiger partial charge on any atom is 0.264 e. The third kappa shape index (κ3) is 0.781. The summed E-state index contributed by atoms with van der Waals surface area (Å²) in [6.45, 7) is 0. The van der Waals surface area contributed by atoms with Crippen LogP contribution in [0.5, 0.6) is 0 Å². The lowest BCUT2D eigenvalue weighted by molar-refractivity contribution is 0.410. The molecule has 1 aromatic heterocycles. The molecule has 0 aliphatic heterocycles. The highest BCUT2D eigenvalue weighted by Gasteiger charge is 2.20. The maximum atomic E-state index is 10.6. The van der Waals surface area contributed by atoms with E-state index in [2.05, 4.69) is 10.2 Å². The van der Waals surface area contributed by atoms with Gasteiger partial charge in [0.25, 0.3) is 5.56 Å². The molecule has 2 N–H and O–H groups in total. The molecule has 0 radical (unpaired) electrons. The fourth-order valence-electron chi connectivity index (χ4n) is 1.29. The minimum Gasteiger partial charge on any atom is -0.302 e. The van der Waals surface area contributed by atoms with Crippen LogP contribution in [0.1, 0.15) is 30.9 Å². The molecule has 3 heteroatoms. The van der Waals surface area contributed by atoms with E-state index in [9.17, 15) is 4.79 Å². The van der Waals surface area contributed by atoms with Crippen LogP contribution in [0.3, 0.4) is 0 Å². The van der Waals surface area contributed by atoms with Crippen LogP contribution in [0, 0.1) is 0 Å². The topological polar surface area (TPSA) is 48.6 Å². The Morgan fingerprint density at radius 1 is 1.40 bits per heavy atom. The van der Waals surface area contributed by atoms with Crippen LogP contribution < -0.4 is 5.56 Å². The van der Waals surface area contributed by atoms with Crippen LogP contribution in [0.25, 0.3) is 0 Å². The number of hydrogen-bond donors (Lipinski definition) is 2. The highest BCUT2D eigenvalue weighted by atomic mass is 16.1. The molecule has 2 rings (SSSR count). The second kappa shape index (κ2) is 2.01. The first-order valence-electron chi connectivity index (χ1n) is 3.64. The van der Waals surface area contributed by atoms with Gasteiger partial charge in [0, 0.05) is 17.7 Å². The zero-order valence-corrected chi connectivity index (χ0v) is 5.68. The quantitative estimate of drug-likeness (QED) is 0.596. The van der Waals surface area contributed by atoms with Gasteiger partial charge in [-0.05, 0) is 12.8 Å². The number of hydrogen-bond acceptors (Lipinski definition) is 1. The van der Waals surface area contributed by atoms with Crippen LogP contribution in [0.2, 0.25) is 0 Å². The Morgan fingerprint density at radius 3 is 2.60 bits per heavy atom. The molecule has 54 valence electrons. The zero-order chi connectivity index (χ0) is 6.97. The first kappa shape index (κ1) is 5.77. The number of nitrogens with one attached hydrogen (secondary N) is 2. The minimum atomic E-state index is -0.0121. The van der Waals surface area contributed by atoms with Crippen molar-refractivity contribution in [3.05, 3.63) is 22.1 Å². The van der Waals surface area contributed by atoms with E-state index in [1.807, 2.05) is 0 Å². The average Bonchev–Trinajstić information content (AvgIpc) is 2.10. The van der Waals surface area contributed by atoms with E-state index in [0.29, 0.717) is 5.92 Å². The summed E-state index contributed by atoms with van der Waals surface area (Å²) >= 11 is 0. The van der Waals surface area contributed by atoms with Crippen molar-refractivity contribution in [3.8, 4) is 0 Å². The van der Waals surface area contributed by atoms with Crippen LogP contribution in [0.15, 0.2) is 10.9 Å². The first-order chi connectivity index (χ1) is 4.86. The second-order valence-electron chi connectivity index (χ2n) is 2.84. The van der Waals surface area contributed by atoms with Gasteiger partial charge in [-0.1, -0.05) is 6.42 Å². The van der Waals surface area contributed by atoms with Gasteiger partial charge in [0.05, 0.1) is 0 Å². The fourth-order valence-corrected chi connectivity index (χ4v) is 1.29. The number of aromatic amines is 2. The van der Waals surface area contributed by atoms with E-state index in [-0.39, 0.29) is 5.56 Å². The lowest BCUT2D eigenvalue weighted by Crippen LogP contribution is -2.08. The van der Waals surface area contributed by atoms with Crippen molar-refractivity contribution in [1.29, 1.82) is 0 Å². The second-order valence-corrected chi connectivity index (χ2v) is 2.84. The average molecular weight is 138 g/mol. The molecule has 10 heavy (non-hydrogen) atoms. The molecule has 0 bridgehead atoms. The first-order valence-corrected chi connectivity index (χ1v) is 3.64. The molecule has 1 fully saturated rings. The standard InChI is InChI=1S/C7H10N2O/c10-7-4-6(8-9-7)5-2-1-3-5/h4-5H,1-3H2,(H2,8,9,10). The number of H-pyrrole nitrogens is 2. The predicted octanol–water partition coefficient (Wildman–Crippen LogP) is 0.970. The van der Waals surface area contributed by atoms with E-state index < -0.39 is 0 Å². The summed E-state index contributed by atoms with van der Waals surface area (Å²) < 4.78 is 0. The van der Waals surface area contributed by atoms with Gasteiger partial charge in [-0.25, -0.2) is 0 Å². The van der Waals surface area contributed by atoms with Crippen molar-refractivity contribution in [2.75, 3.05) is 0 Å². The van der Waals surface area contributed by atoms with Crippen molar-refractivity contribution >= 4 is 0 Å². The highest BCUT2D eigenvalue weighted by molar-refractivity contribution is 5.08. The molecular weight excluding hydrogens is 128 g/mol. The zero-order valence-electron chi connectivity index (χ0n) is 5.68. The molecule has 1 saturated carbocycles. The summed E-state index contributed by atoms with van der Waals surface area (Å²) in [6, 6.07) is 1.66. The normalized spacial score (nSPS) is 18.8. The Labute approximate surface area is 58.4 Å². The van der Waals surface area contributed by atoms with E-state index in [1.165, 1.54) is 19.3 Å². The monoisotopic (exact) mass is 138 g/mol. The molecule has 3 nitrogen and oxygen atoms in total. The Balaban J connectivity index is 2.25. The Hall–Kier alpha value is -0.990. The van der Waals surface area contributed by atoms with Crippen molar-refractivity contribution < 1.29 is 0 Å². The van der Waals surface area contributed by atoms with Crippen molar-refractivity contribution in [3.63, 3.8) is 0 Å². The molecule has 1 aromatic rings. The van der Waals surface area contributed by atoms with Crippen LogP contribution in [0.4, 0.5) is 0 Å². The summed E-state index contributed by atoms with van der Waals surface area (Å²) in [6.07, 6.45) is 3.76. The highest BCUT2D eigenvalue weighted by Crippen LogP contribution is 2.34.